The van der Waals surface area contributed by atoms with Crippen LogP contribution in [-0.4, -0.2) is 18.2 Å². The number of rotatable bonds is 1. The minimum atomic E-state index is -1.31. The molecule has 1 N–H and O–H groups in total. The van der Waals surface area contributed by atoms with Crippen LogP contribution in [0.1, 0.15) is 10.4 Å². The third-order valence-corrected chi connectivity index (χ3v) is 1.46. The zero-order valence-electron chi connectivity index (χ0n) is 6.67. The van der Waals surface area contributed by atoms with E-state index in [0.717, 1.165) is 19.2 Å². The molecule has 13 heavy (non-hydrogen) atoms. The third-order valence-electron chi connectivity index (χ3n) is 1.46. The summed E-state index contributed by atoms with van der Waals surface area (Å²) < 4.78 is 29.8. The Hall–Kier alpha value is -1.65. The van der Waals surface area contributed by atoms with Crippen molar-refractivity contribution in [3.05, 3.63) is 29.3 Å². The Bertz CT molecular complexity index is 349. The Morgan fingerprint density at radius 1 is 1.46 bits per heavy atom. The predicted molar refractivity (Wildman–Crippen MR) is 39.4 cm³/mol. The van der Waals surface area contributed by atoms with E-state index in [1.807, 2.05) is 0 Å². The van der Waals surface area contributed by atoms with E-state index in [0.29, 0.717) is 0 Å². The van der Waals surface area contributed by atoms with Gasteiger partial charge in [-0.05, 0) is 12.1 Å². The van der Waals surface area contributed by atoms with Gasteiger partial charge in [-0.1, -0.05) is 0 Å². The van der Waals surface area contributed by atoms with Gasteiger partial charge in [0, 0.05) is 0 Å². The van der Waals surface area contributed by atoms with Crippen LogP contribution in [0.2, 0.25) is 0 Å². The number of aromatic hydroxyl groups is 1. The Labute approximate surface area is 72.6 Å². The zero-order chi connectivity index (χ0) is 10.0. The molecule has 0 atom stereocenters. The Morgan fingerprint density at radius 2 is 2.08 bits per heavy atom. The first-order chi connectivity index (χ1) is 6.07. The molecule has 0 spiro atoms. The average Bonchev–Trinajstić information content (AvgIpc) is 2.12. The van der Waals surface area contributed by atoms with Crippen LogP contribution in [0.4, 0.5) is 8.78 Å². The lowest BCUT2D eigenvalue weighted by atomic mass is 10.2. The first-order valence-corrected chi connectivity index (χ1v) is 3.33. The van der Waals surface area contributed by atoms with Gasteiger partial charge < -0.3 is 9.84 Å². The zero-order valence-corrected chi connectivity index (χ0v) is 6.67. The molecule has 70 valence electrons. The molecule has 0 aliphatic carbocycles. The summed E-state index contributed by atoms with van der Waals surface area (Å²) in [6, 6.07) is 1.60. The summed E-state index contributed by atoms with van der Waals surface area (Å²) >= 11 is 0. The summed E-state index contributed by atoms with van der Waals surface area (Å²) in [4.78, 5) is 10.8. The summed E-state index contributed by atoms with van der Waals surface area (Å²) in [6.45, 7) is 0. The quantitative estimate of drug-likeness (QED) is 0.678. The van der Waals surface area contributed by atoms with Crippen LogP contribution in [0.3, 0.4) is 0 Å². The smallest absolute Gasteiger partial charge is 0.344 e. The van der Waals surface area contributed by atoms with Crippen LogP contribution in [0.25, 0.3) is 0 Å². The van der Waals surface area contributed by atoms with Gasteiger partial charge in [-0.15, -0.1) is 0 Å². The maximum atomic E-state index is 12.9. The molecular formula is C8H6F2O3. The van der Waals surface area contributed by atoms with Gasteiger partial charge in [0.1, 0.15) is 11.4 Å². The van der Waals surface area contributed by atoms with Crippen LogP contribution < -0.4 is 0 Å². The van der Waals surface area contributed by atoms with E-state index in [9.17, 15) is 13.6 Å². The lowest BCUT2D eigenvalue weighted by molar-refractivity contribution is 0.0588. The van der Waals surface area contributed by atoms with E-state index < -0.39 is 28.9 Å². The van der Waals surface area contributed by atoms with E-state index in [1.54, 1.807) is 0 Å². The topological polar surface area (TPSA) is 46.5 Å². The average molecular weight is 188 g/mol. The van der Waals surface area contributed by atoms with Gasteiger partial charge in [-0.25, -0.2) is 13.6 Å². The van der Waals surface area contributed by atoms with Gasteiger partial charge >= 0.3 is 5.97 Å². The van der Waals surface area contributed by atoms with Gasteiger partial charge in [0.2, 0.25) is 0 Å². The first-order valence-electron chi connectivity index (χ1n) is 3.33. The van der Waals surface area contributed by atoms with E-state index in [2.05, 4.69) is 4.74 Å². The second-order valence-electron chi connectivity index (χ2n) is 2.25. The number of phenols is 1. The normalized spacial score (nSPS) is 9.77. The van der Waals surface area contributed by atoms with Crippen molar-refractivity contribution in [2.24, 2.45) is 0 Å². The number of esters is 1. The fraction of sp³-hybridized carbons (Fsp3) is 0.125. The third kappa shape index (κ3) is 1.58. The number of hydrogen-bond donors (Lipinski definition) is 1. The number of benzene rings is 1. The number of carbonyl (C=O) groups excluding carboxylic acids is 1. The molecule has 0 aromatic heterocycles. The summed E-state index contributed by atoms with van der Waals surface area (Å²) in [5.41, 5.74) is -0.887. The van der Waals surface area contributed by atoms with Crippen LogP contribution in [0.5, 0.6) is 5.75 Å². The van der Waals surface area contributed by atoms with Gasteiger partial charge in [-0.2, -0.15) is 0 Å². The second-order valence-corrected chi connectivity index (χ2v) is 2.25. The predicted octanol–water partition coefficient (Wildman–Crippen LogP) is 1.46. The van der Waals surface area contributed by atoms with Gasteiger partial charge in [0.25, 0.3) is 0 Å². The van der Waals surface area contributed by atoms with Crippen LogP contribution in [0, 0.1) is 11.6 Å². The molecule has 0 bridgehead atoms. The van der Waals surface area contributed by atoms with Crippen molar-refractivity contribution in [1.82, 2.24) is 0 Å². The Balaban J connectivity index is 3.33. The molecule has 0 saturated heterocycles. The molecule has 1 aromatic rings. The van der Waals surface area contributed by atoms with Gasteiger partial charge in [-0.3, -0.25) is 0 Å². The molecule has 0 heterocycles. The SMILES string of the molecule is COC(=O)c1c(F)ccc(O)c1F. The molecule has 0 saturated carbocycles. The molecule has 1 aromatic carbocycles. The van der Waals surface area contributed by atoms with Crippen LogP contribution >= 0.6 is 0 Å². The Morgan fingerprint density at radius 3 is 2.62 bits per heavy atom. The highest BCUT2D eigenvalue weighted by atomic mass is 19.1. The van der Waals surface area contributed by atoms with Crippen molar-refractivity contribution < 1.29 is 23.4 Å². The molecule has 0 aliphatic heterocycles. The highest BCUT2D eigenvalue weighted by Gasteiger charge is 2.20. The molecule has 0 amide bonds. The lowest BCUT2D eigenvalue weighted by Gasteiger charge is -2.03. The minimum Gasteiger partial charge on any atom is -0.505 e. The monoisotopic (exact) mass is 188 g/mol. The maximum Gasteiger partial charge on any atom is 0.344 e. The Kier molecular flexibility index (Phi) is 2.46. The highest BCUT2D eigenvalue weighted by Crippen LogP contribution is 2.22. The molecular weight excluding hydrogens is 182 g/mol. The summed E-state index contributed by atoms with van der Waals surface area (Å²) in [7, 11) is 0.991. The summed E-state index contributed by atoms with van der Waals surface area (Å²) in [6.07, 6.45) is 0. The molecule has 0 aliphatic rings. The van der Waals surface area contributed by atoms with E-state index >= 15 is 0 Å². The van der Waals surface area contributed by atoms with E-state index in [-0.39, 0.29) is 0 Å². The van der Waals surface area contributed by atoms with Gasteiger partial charge in [0.15, 0.2) is 11.6 Å². The van der Waals surface area contributed by atoms with E-state index in [4.69, 9.17) is 5.11 Å². The number of ether oxygens (including phenoxy) is 1. The number of methoxy groups -OCH3 is 1. The summed E-state index contributed by atoms with van der Waals surface area (Å²) in [5, 5.41) is 8.82. The van der Waals surface area contributed by atoms with Crippen molar-refractivity contribution in [2.75, 3.05) is 7.11 Å². The number of phenolic OH excluding ortho intramolecular Hbond substituents is 1. The number of hydrogen-bond acceptors (Lipinski definition) is 3. The summed E-state index contributed by atoms with van der Waals surface area (Å²) in [5.74, 6) is -4.33. The fourth-order valence-electron chi connectivity index (χ4n) is 0.831. The standard InChI is InChI=1S/C8H6F2O3/c1-13-8(12)6-4(9)2-3-5(11)7(6)10/h2-3,11H,1H3. The van der Waals surface area contributed by atoms with Gasteiger partial charge in [0.05, 0.1) is 7.11 Å². The minimum absolute atomic E-state index is 0.782. The van der Waals surface area contributed by atoms with Crippen LogP contribution in [0.15, 0.2) is 12.1 Å². The van der Waals surface area contributed by atoms with E-state index in [1.165, 1.54) is 0 Å². The fourth-order valence-corrected chi connectivity index (χ4v) is 0.831. The van der Waals surface area contributed by atoms with Crippen molar-refractivity contribution in [2.45, 2.75) is 0 Å². The molecule has 1 rings (SSSR count). The molecule has 3 nitrogen and oxygen atoms in total. The molecule has 0 fully saturated rings. The van der Waals surface area contributed by atoms with Crippen molar-refractivity contribution >= 4 is 5.97 Å². The van der Waals surface area contributed by atoms with Crippen molar-refractivity contribution in [1.29, 1.82) is 0 Å². The number of carbonyl (C=O) groups is 1. The molecule has 0 radical (unpaired) electrons. The molecule has 5 heteroatoms. The highest BCUT2D eigenvalue weighted by molar-refractivity contribution is 5.90. The largest absolute Gasteiger partial charge is 0.505 e. The number of halogens is 2. The van der Waals surface area contributed by atoms with Crippen molar-refractivity contribution in [3.63, 3.8) is 0 Å². The maximum absolute atomic E-state index is 12.9. The van der Waals surface area contributed by atoms with Crippen molar-refractivity contribution in [3.8, 4) is 5.75 Å². The van der Waals surface area contributed by atoms with Crippen LogP contribution in [-0.2, 0) is 4.74 Å². The first kappa shape index (κ1) is 9.44. The molecule has 0 unspecified atom stereocenters. The lowest BCUT2D eigenvalue weighted by Crippen LogP contribution is -2.07. The second kappa shape index (κ2) is 3.38.